The Morgan fingerprint density at radius 3 is 1.15 bits per heavy atom. The normalized spacial score (nSPS) is 10.4. The molecule has 0 saturated carbocycles. The van der Waals surface area contributed by atoms with Crippen LogP contribution in [0.25, 0.3) is 0 Å². The van der Waals surface area contributed by atoms with Crippen LogP contribution in [0.2, 0.25) is 0 Å². The van der Waals surface area contributed by atoms with Crippen molar-refractivity contribution in [2.24, 2.45) is 23.7 Å². The van der Waals surface area contributed by atoms with Crippen molar-refractivity contribution >= 4 is 46.9 Å². The summed E-state index contributed by atoms with van der Waals surface area (Å²) in [5, 5.41) is 123. The molecule has 15 N–H and O–H groups in total. The van der Waals surface area contributed by atoms with Gasteiger partial charge in [-0.1, -0.05) is 55.4 Å². The highest BCUT2D eigenvalue weighted by Gasteiger charge is 2.26. The number of rotatable bonds is 14. The number of carbonyl (C=O) groups excluding carboxylic acids is 6. The van der Waals surface area contributed by atoms with Gasteiger partial charge in [-0.3, -0.25) is 28.8 Å². The number of halogens is 3. The molecule has 6 rings (SSSR count). The van der Waals surface area contributed by atoms with E-state index in [0.29, 0.717) is 17.2 Å². The average molecular weight is 1250 g/mol. The molecule has 0 aliphatic carbocycles. The molecule has 0 radical (unpaired) electrons. The molecule has 0 aliphatic heterocycles. The molecule has 0 atom stereocenters. The first-order chi connectivity index (χ1) is 41.0. The minimum atomic E-state index is -1.48. The smallest absolute Gasteiger partial charge is 0.340 e. The molecule has 0 saturated heterocycles. The van der Waals surface area contributed by atoms with Gasteiger partial charge >= 0.3 is 11.9 Å². The molecule has 0 spiro atoms. The van der Waals surface area contributed by atoms with E-state index in [1.807, 2.05) is 13.8 Å². The number of nitrogens with one attached hydrogen (secondary N) is 2. The molecule has 2 amide bonds. The zero-order valence-electron chi connectivity index (χ0n) is 50.7. The van der Waals surface area contributed by atoms with Crippen molar-refractivity contribution in [3.05, 3.63) is 146 Å². The Morgan fingerprint density at radius 2 is 0.708 bits per heavy atom. The minimum absolute atomic E-state index is 0.0402. The second kappa shape index (κ2) is 34.0. The predicted molar refractivity (Wildman–Crippen MR) is 317 cm³/mol. The summed E-state index contributed by atoms with van der Waals surface area (Å²) in [5.41, 5.74) is -0.549. The molecule has 26 heteroatoms. The Labute approximate surface area is 509 Å². The van der Waals surface area contributed by atoms with E-state index in [-0.39, 0.29) is 104 Å². The number of carbonyl (C=O) groups is 8. The minimum Gasteiger partial charge on any atom is -0.508 e. The number of aromatic hydroxyl groups is 11. The van der Waals surface area contributed by atoms with E-state index in [4.69, 9.17) is 51.1 Å². The van der Waals surface area contributed by atoms with E-state index < -0.39 is 98.4 Å². The van der Waals surface area contributed by atoms with Crippen LogP contribution in [0.4, 0.5) is 13.2 Å². The van der Waals surface area contributed by atoms with Crippen LogP contribution >= 0.6 is 0 Å². The Morgan fingerprint density at radius 1 is 0.348 bits per heavy atom. The zero-order chi connectivity index (χ0) is 69.0. The van der Waals surface area contributed by atoms with Gasteiger partial charge < -0.3 is 77.0 Å². The van der Waals surface area contributed by atoms with Gasteiger partial charge in [0.15, 0.2) is 98.1 Å². The van der Waals surface area contributed by atoms with Crippen LogP contribution in [0, 0.1) is 48.0 Å². The van der Waals surface area contributed by atoms with Gasteiger partial charge in [0.1, 0.15) is 11.3 Å². The second-order valence-corrected chi connectivity index (χ2v) is 21.0. The van der Waals surface area contributed by atoms with Crippen molar-refractivity contribution in [3.63, 3.8) is 0 Å². The number of aromatic carboxylic acids is 2. The third-order valence-electron chi connectivity index (χ3n) is 11.8. The molecule has 0 unspecified atom stereocenters. The number of carboxylic acids is 2. The largest absolute Gasteiger partial charge is 0.508 e. The monoisotopic (exact) mass is 1250 g/mol. The van der Waals surface area contributed by atoms with Gasteiger partial charge in [-0.05, 0) is 113 Å². The highest BCUT2D eigenvalue weighted by atomic mass is 19.1. The van der Waals surface area contributed by atoms with Gasteiger partial charge in [0.05, 0.1) is 22.3 Å². The first-order valence-corrected chi connectivity index (χ1v) is 26.8. The van der Waals surface area contributed by atoms with Crippen molar-refractivity contribution in [1.29, 1.82) is 0 Å². The maximum atomic E-state index is 13.3. The molecular weight excluding hydrogens is 1180 g/mol. The van der Waals surface area contributed by atoms with Gasteiger partial charge in [-0.25, -0.2) is 22.8 Å². The summed E-state index contributed by atoms with van der Waals surface area (Å²) >= 11 is 0. The van der Waals surface area contributed by atoms with Crippen LogP contribution in [-0.2, 0) is 0 Å². The summed E-state index contributed by atoms with van der Waals surface area (Å²) in [6, 6.07) is 15.7. The van der Waals surface area contributed by atoms with Gasteiger partial charge in [0.2, 0.25) is 0 Å². The van der Waals surface area contributed by atoms with Crippen LogP contribution in [0.15, 0.2) is 78.9 Å². The topological polar surface area (TPSA) is 424 Å². The van der Waals surface area contributed by atoms with Crippen LogP contribution in [-0.4, -0.2) is 125 Å². The Hall–Kier alpha value is -10.5. The standard InChI is InChI=1S/C12H14O4.C11H13NO5.C10H10F2O3.C10H11FO3.C10H13NO3.C10H12O3/c1-6(2)11(14)8-4-5-9(13)7(3)10(8)12(15)16;1-5(2)12-10(15)6-3-4-7(13)9(14)8(6)11(16)17;1-4(2)8(13)5-3-6(11)9(14)10(15)7(5)12;1-5(2)9(13)6-3-4-7(12)10(14)8(6)11;1-6(2)11-10(14)7-3-4-8(12)9(13)5-7;1-6(2)10(13)7-3-4-8(11)9(12)5-7/h4-6,13H,1-3H3,(H,15,16);3-5,13-14H,1-2H3,(H,12,15)(H,16,17);3-4,14-15H,1-2H3;3-5,12,14H,1-2H3;3-6,12-13H,1-2H3,(H,11,14);3-6,11-12H,1-2H3. The van der Waals surface area contributed by atoms with E-state index in [9.17, 15) is 66.8 Å². The lowest BCUT2D eigenvalue weighted by atomic mass is 9.93. The molecule has 0 aliphatic rings. The van der Waals surface area contributed by atoms with Crippen molar-refractivity contribution in [1.82, 2.24) is 10.6 Å². The van der Waals surface area contributed by atoms with Crippen LogP contribution < -0.4 is 10.6 Å². The highest BCUT2D eigenvalue weighted by molar-refractivity contribution is 6.08. The Kier molecular flexibility index (Phi) is 29.2. The van der Waals surface area contributed by atoms with Gasteiger partial charge in [0.25, 0.3) is 11.8 Å². The van der Waals surface area contributed by atoms with Crippen LogP contribution in [0.1, 0.15) is 172 Å². The fraction of sp³-hybridized carbons (Fsp3) is 0.302. The van der Waals surface area contributed by atoms with Gasteiger partial charge in [-0.15, -0.1) is 0 Å². The number of carboxylic acid groups (broad SMARTS) is 2. The van der Waals surface area contributed by atoms with E-state index >= 15 is 0 Å². The predicted octanol–water partition coefficient (Wildman–Crippen LogP) is 10.6. The molecule has 6 aromatic carbocycles. The summed E-state index contributed by atoms with van der Waals surface area (Å²) in [4.78, 5) is 91.1. The first kappa shape index (κ1) is 76.5. The number of benzene rings is 6. The number of phenolic OH excluding ortho intramolecular Hbond substituents is 10. The number of hydrogen-bond acceptors (Lipinski definition) is 19. The van der Waals surface area contributed by atoms with Gasteiger partial charge in [-0.2, -0.15) is 0 Å². The summed E-state index contributed by atoms with van der Waals surface area (Å²) < 4.78 is 39.4. The molecule has 0 aromatic heterocycles. The fourth-order valence-electron chi connectivity index (χ4n) is 6.99. The fourth-order valence-corrected chi connectivity index (χ4v) is 6.99. The van der Waals surface area contributed by atoms with Crippen molar-refractivity contribution in [3.8, 4) is 63.2 Å². The van der Waals surface area contributed by atoms with Gasteiger partial charge in [0, 0.05) is 58.0 Å². The lowest BCUT2D eigenvalue weighted by Crippen LogP contribution is -2.31. The van der Waals surface area contributed by atoms with Crippen molar-refractivity contribution in [2.75, 3.05) is 0 Å². The highest BCUT2D eigenvalue weighted by Crippen LogP contribution is 2.35. The molecule has 0 heterocycles. The third kappa shape index (κ3) is 21.7. The van der Waals surface area contributed by atoms with Crippen molar-refractivity contribution in [2.45, 2.75) is 102 Å². The zero-order valence-corrected chi connectivity index (χ0v) is 50.7. The molecule has 23 nitrogen and oxygen atoms in total. The second-order valence-electron chi connectivity index (χ2n) is 21.0. The molecule has 482 valence electrons. The summed E-state index contributed by atoms with van der Waals surface area (Å²) in [5.74, 6) is -16.1. The molecule has 0 fully saturated rings. The molecular formula is C63H73F3N2O21. The Balaban J connectivity index is 0.000000535. The Bertz CT molecular complexity index is 3580. The maximum absolute atomic E-state index is 13.3. The van der Waals surface area contributed by atoms with Crippen LogP contribution in [0.3, 0.4) is 0 Å². The number of phenols is 11. The summed E-state index contributed by atoms with van der Waals surface area (Å²) in [6.07, 6.45) is 0. The summed E-state index contributed by atoms with van der Waals surface area (Å²) in [7, 11) is 0. The first-order valence-electron chi connectivity index (χ1n) is 26.8. The van der Waals surface area contributed by atoms with E-state index in [0.717, 1.165) is 24.3 Å². The van der Waals surface area contributed by atoms with E-state index in [1.165, 1.54) is 69.3 Å². The number of ketones is 4. The molecule has 89 heavy (non-hydrogen) atoms. The molecule has 6 aromatic rings. The third-order valence-corrected chi connectivity index (χ3v) is 11.8. The summed E-state index contributed by atoms with van der Waals surface area (Å²) in [6.45, 7) is 21.9. The lowest BCUT2D eigenvalue weighted by Gasteiger charge is -2.11. The van der Waals surface area contributed by atoms with Crippen molar-refractivity contribution < 1.29 is 118 Å². The van der Waals surface area contributed by atoms with E-state index in [2.05, 4.69) is 10.6 Å². The number of Topliss-reactive ketones (excluding diaryl/α,β-unsaturated/α-hetero) is 4. The number of amides is 2. The molecule has 0 bridgehead atoms. The lowest BCUT2D eigenvalue weighted by molar-refractivity contribution is 0.0679. The SMILES string of the molecule is CC(C)C(=O)c1cc(F)c(O)c(O)c1F.CC(C)C(=O)c1ccc(O)c(O)c1.CC(C)C(=O)c1ccc(O)c(O)c1F.CC(C)NC(=O)c1ccc(O)c(O)c1.CC(C)NC(=O)c1ccc(O)c(O)c1C(=O)O.Cc1c(O)ccc(C(=O)C(C)C)c1C(=O)O. The average Bonchev–Trinajstić information content (AvgIpc) is 1.76. The van der Waals surface area contributed by atoms with Crippen LogP contribution in [0.5, 0.6) is 63.2 Å². The quantitative estimate of drug-likeness (QED) is 0.0356. The maximum Gasteiger partial charge on any atom is 0.340 e. The van der Waals surface area contributed by atoms with E-state index in [1.54, 1.807) is 55.4 Å². The number of hydrogen-bond donors (Lipinski definition) is 15.